The molecule has 1 aromatic carbocycles. The second kappa shape index (κ2) is 6.45. The molecular weight excluding hydrogens is 234 g/mol. The van der Waals surface area contributed by atoms with Crippen LogP contribution in [0, 0.1) is 0 Å². The molecule has 0 bridgehead atoms. The summed E-state index contributed by atoms with van der Waals surface area (Å²) in [7, 11) is 0. The van der Waals surface area contributed by atoms with Crippen molar-refractivity contribution in [3.63, 3.8) is 0 Å². The maximum Gasteiger partial charge on any atom is 0.0500 e. The van der Waals surface area contributed by atoms with Crippen LogP contribution in [0.25, 0.3) is 0 Å². The Labute approximate surface area is 114 Å². The fraction of sp³-hybridized carbons (Fsp3) is 0.312. The minimum absolute atomic E-state index is 0.116. The third kappa shape index (κ3) is 3.63. The largest absolute Gasteiger partial charge is 0.271 e. The molecule has 0 saturated heterocycles. The molecule has 0 aliphatic heterocycles. The van der Waals surface area contributed by atoms with Crippen molar-refractivity contribution in [3.8, 4) is 0 Å². The fourth-order valence-corrected chi connectivity index (χ4v) is 2.14. The van der Waals surface area contributed by atoms with Crippen molar-refractivity contribution in [2.24, 2.45) is 5.84 Å². The summed E-state index contributed by atoms with van der Waals surface area (Å²) in [6, 6.07) is 12.8. The predicted molar refractivity (Wildman–Crippen MR) is 78.5 cm³/mol. The Balaban J connectivity index is 2.13. The van der Waals surface area contributed by atoms with Gasteiger partial charge in [-0.05, 0) is 35.1 Å². The molecule has 19 heavy (non-hydrogen) atoms. The quantitative estimate of drug-likeness (QED) is 0.638. The van der Waals surface area contributed by atoms with Crippen LogP contribution in [0.15, 0.2) is 48.8 Å². The van der Waals surface area contributed by atoms with Gasteiger partial charge >= 0.3 is 0 Å². The molecule has 2 aromatic rings. The normalized spacial score (nSPS) is 12.6. The second-order valence-corrected chi connectivity index (χ2v) is 5.11. The average molecular weight is 255 g/mol. The molecule has 3 N–H and O–H groups in total. The van der Waals surface area contributed by atoms with Crippen LogP contribution in [0.2, 0.25) is 0 Å². The molecule has 1 atom stereocenters. The maximum absolute atomic E-state index is 5.68. The Kier molecular flexibility index (Phi) is 4.66. The maximum atomic E-state index is 5.68. The first-order valence-corrected chi connectivity index (χ1v) is 6.65. The molecule has 3 nitrogen and oxygen atoms in total. The monoisotopic (exact) mass is 255 g/mol. The van der Waals surface area contributed by atoms with E-state index in [-0.39, 0.29) is 6.04 Å². The minimum Gasteiger partial charge on any atom is -0.271 e. The summed E-state index contributed by atoms with van der Waals surface area (Å²) in [5.74, 6) is 6.23. The number of hydrazine groups is 1. The molecule has 0 aliphatic rings. The predicted octanol–water partition coefficient (Wildman–Crippen LogP) is 2.95. The Hall–Kier alpha value is -1.71. The summed E-state index contributed by atoms with van der Waals surface area (Å²) >= 11 is 0. The highest BCUT2D eigenvalue weighted by molar-refractivity contribution is 5.28. The zero-order valence-electron chi connectivity index (χ0n) is 11.5. The zero-order valence-corrected chi connectivity index (χ0v) is 11.5. The van der Waals surface area contributed by atoms with Crippen LogP contribution in [0.1, 0.15) is 42.5 Å². The number of hydrogen-bond donors (Lipinski definition) is 2. The van der Waals surface area contributed by atoms with Gasteiger partial charge in [0.2, 0.25) is 0 Å². The molecule has 0 amide bonds. The average Bonchev–Trinajstić information content (AvgIpc) is 2.46. The van der Waals surface area contributed by atoms with Gasteiger partial charge in [-0.1, -0.05) is 44.2 Å². The van der Waals surface area contributed by atoms with Gasteiger partial charge in [0.05, 0.1) is 6.04 Å². The Morgan fingerprint density at radius 3 is 2.32 bits per heavy atom. The van der Waals surface area contributed by atoms with Gasteiger partial charge in [-0.3, -0.25) is 16.3 Å². The van der Waals surface area contributed by atoms with E-state index in [1.54, 1.807) is 6.20 Å². The Bertz CT molecular complexity index is 491. The van der Waals surface area contributed by atoms with Crippen molar-refractivity contribution in [3.05, 3.63) is 65.5 Å². The van der Waals surface area contributed by atoms with Gasteiger partial charge in [-0.2, -0.15) is 0 Å². The van der Waals surface area contributed by atoms with E-state index in [0.29, 0.717) is 5.92 Å². The molecule has 100 valence electrons. The first-order valence-electron chi connectivity index (χ1n) is 6.65. The number of nitrogens with zero attached hydrogens (tertiary/aromatic N) is 1. The van der Waals surface area contributed by atoms with Gasteiger partial charge in [-0.25, -0.2) is 0 Å². The summed E-state index contributed by atoms with van der Waals surface area (Å²) in [6.45, 7) is 4.40. The summed E-state index contributed by atoms with van der Waals surface area (Å²) in [5.41, 5.74) is 6.62. The molecule has 0 radical (unpaired) electrons. The molecule has 0 aliphatic carbocycles. The van der Waals surface area contributed by atoms with Gasteiger partial charge in [-0.15, -0.1) is 0 Å². The van der Waals surface area contributed by atoms with Crippen LogP contribution in [0.5, 0.6) is 0 Å². The molecule has 0 fully saturated rings. The highest BCUT2D eigenvalue weighted by atomic mass is 15.2. The van der Waals surface area contributed by atoms with Crippen molar-refractivity contribution in [2.75, 3.05) is 0 Å². The van der Waals surface area contributed by atoms with Crippen LogP contribution in [-0.2, 0) is 6.42 Å². The van der Waals surface area contributed by atoms with Gasteiger partial charge in [0.25, 0.3) is 0 Å². The van der Waals surface area contributed by atoms with Crippen LogP contribution >= 0.6 is 0 Å². The highest BCUT2D eigenvalue weighted by Crippen LogP contribution is 2.20. The van der Waals surface area contributed by atoms with Gasteiger partial charge in [0, 0.05) is 12.4 Å². The van der Waals surface area contributed by atoms with E-state index in [1.807, 2.05) is 12.3 Å². The lowest BCUT2D eigenvalue weighted by Gasteiger charge is -2.17. The zero-order chi connectivity index (χ0) is 13.7. The van der Waals surface area contributed by atoms with E-state index < -0.39 is 0 Å². The number of nitrogens with one attached hydrogen (secondary N) is 1. The summed E-state index contributed by atoms with van der Waals surface area (Å²) in [5, 5.41) is 0. The number of hydrogen-bond acceptors (Lipinski definition) is 3. The molecule has 1 heterocycles. The summed E-state index contributed by atoms with van der Waals surface area (Å²) in [4.78, 5) is 4.13. The molecule has 2 rings (SSSR count). The Morgan fingerprint density at radius 1 is 1.11 bits per heavy atom. The van der Waals surface area contributed by atoms with Crippen LogP contribution in [-0.4, -0.2) is 4.98 Å². The smallest absolute Gasteiger partial charge is 0.0500 e. The van der Waals surface area contributed by atoms with Gasteiger partial charge in [0.15, 0.2) is 0 Å². The van der Waals surface area contributed by atoms with Gasteiger partial charge in [0.1, 0.15) is 0 Å². The molecule has 3 heteroatoms. The molecular formula is C16H21N3. The lowest BCUT2D eigenvalue weighted by molar-refractivity contribution is 0.551. The number of nitrogens with two attached hydrogens (primary N) is 1. The molecule has 0 saturated carbocycles. The highest BCUT2D eigenvalue weighted by Gasteiger charge is 2.11. The number of aromatic nitrogens is 1. The van der Waals surface area contributed by atoms with E-state index in [4.69, 9.17) is 5.84 Å². The van der Waals surface area contributed by atoms with Crippen molar-refractivity contribution in [1.29, 1.82) is 0 Å². The Morgan fingerprint density at radius 2 is 1.79 bits per heavy atom. The van der Waals surface area contributed by atoms with E-state index in [1.165, 1.54) is 16.7 Å². The summed E-state index contributed by atoms with van der Waals surface area (Å²) in [6.07, 6.45) is 4.50. The van der Waals surface area contributed by atoms with E-state index in [0.717, 1.165) is 6.42 Å². The standard InChI is InChI=1S/C16H21N3/c1-12(2)14-5-7-15(8-6-14)16(19-17)10-13-4-3-9-18-11-13/h3-9,11-12,16,19H,10,17H2,1-2H3. The van der Waals surface area contributed by atoms with Crippen molar-refractivity contribution < 1.29 is 0 Å². The van der Waals surface area contributed by atoms with Crippen molar-refractivity contribution in [1.82, 2.24) is 10.4 Å². The number of pyridine rings is 1. The molecule has 1 unspecified atom stereocenters. The number of benzene rings is 1. The lowest BCUT2D eigenvalue weighted by atomic mass is 9.96. The van der Waals surface area contributed by atoms with Crippen LogP contribution in [0.3, 0.4) is 0 Å². The van der Waals surface area contributed by atoms with Crippen molar-refractivity contribution >= 4 is 0 Å². The SMILES string of the molecule is CC(C)c1ccc(C(Cc2cccnc2)NN)cc1. The first-order chi connectivity index (χ1) is 9.20. The van der Waals surface area contributed by atoms with Gasteiger partial charge < -0.3 is 0 Å². The van der Waals surface area contributed by atoms with Crippen LogP contribution < -0.4 is 11.3 Å². The van der Waals surface area contributed by atoms with E-state index >= 15 is 0 Å². The van der Waals surface area contributed by atoms with Crippen LogP contribution in [0.4, 0.5) is 0 Å². The number of rotatable bonds is 5. The summed E-state index contributed by atoms with van der Waals surface area (Å²) < 4.78 is 0. The molecule has 0 spiro atoms. The van der Waals surface area contributed by atoms with Crippen molar-refractivity contribution in [2.45, 2.75) is 32.2 Å². The second-order valence-electron chi connectivity index (χ2n) is 5.11. The fourth-order valence-electron chi connectivity index (χ4n) is 2.14. The minimum atomic E-state index is 0.116. The third-order valence-electron chi connectivity index (χ3n) is 3.37. The first kappa shape index (κ1) is 13.7. The van der Waals surface area contributed by atoms with E-state index in [2.05, 4.69) is 54.6 Å². The molecule has 1 aromatic heterocycles. The lowest BCUT2D eigenvalue weighted by Crippen LogP contribution is -2.29. The van der Waals surface area contributed by atoms with E-state index in [9.17, 15) is 0 Å². The topological polar surface area (TPSA) is 50.9 Å². The third-order valence-corrected chi connectivity index (χ3v) is 3.37.